The first-order valence-corrected chi connectivity index (χ1v) is 9.00. The zero-order chi connectivity index (χ0) is 16.5. The van der Waals surface area contributed by atoms with Gasteiger partial charge in [0, 0.05) is 32.6 Å². The van der Waals surface area contributed by atoms with Crippen LogP contribution >= 0.6 is 0 Å². The fourth-order valence-electron chi connectivity index (χ4n) is 3.82. The maximum absolute atomic E-state index is 9.17. The molecule has 24 heavy (non-hydrogen) atoms. The van der Waals surface area contributed by atoms with Crippen LogP contribution < -0.4 is 4.90 Å². The lowest BCUT2D eigenvalue weighted by molar-refractivity contribution is 0.142. The van der Waals surface area contributed by atoms with Crippen molar-refractivity contribution in [2.24, 2.45) is 5.92 Å². The predicted molar refractivity (Wildman–Crippen MR) is 92.3 cm³/mol. The monoisotopic (exact) mass is 330 g/mol. The van der Waals surface area contributed by atoms with Crippen molar-refractivity contribution >= 4 is 11.3 Å². The third-order valence-electron chi connectivity index (χ3n) is 5.23. The molecule has 1 atom stereocenters. The maximum atomic E-state index is 9.17. The van der Waals surface area contributed by atoms with Crippen LogP contribution in [0.1, 0.15) is 37.3 Å². The summed E-state index contributed by atoms with van der Waals surface area (Å²) in [6.07, 6.45) is 6.63. The molecule has 2 fully saturated rings. The number of anilines is 1. The zero-order valence-corrected chi connectivity index (χ0v) is 14.3. The molecule has 1 aliphatic heterocycles. The number of hydrogen-bond acceptors (Lipinski definition) is 6. The van der Waals surface area contributed by atoms with E-state index in [2.05, 4.69) is 38.2 Å². The van der Waals surface area contributed by atoms with Gasteiger partial charge in [0.05, 0.1) is 18.0 Å². The van der Waals surface area contributed by atoms with E-state index in [1.165, 1.54) is 25.7 Å². The van der Waals surface area contributed by atoms with E-state index in [4.69, 9.17) is 0 Å². The summed E-state index contributed by atoms with van der Waals surface area (Å²) < 4.78 is 1.82. The minimum Gasteiger partial charge on any atom is -0.395 e. The van der Waals surface area contributed by atoms with Gasteiger partial charge in [0.25, 0.3) is 0 Å². The van der Waals surface area contributed by atoms with Crippen LogP contribution in [0.5, 0.6) is 0 Å². The Kier molecular flexibility index (Phi) is 4.37. The Labute approximate surface area is 142 Å². The van der Waals surface area contributed by atoms with Crippen LogP contribution in [0.15, 0.2) is 12.4 Å². The molecule has 0 bridgehead atoms. The van der Waals surface area contributed by atoms with Crippen molar-refractivity contribution in [1.82, 2.24) is 24.7 Å². The Morgan fingerprint density at radius 3 is 3.00 bits per heavy atom. The van der Waals surface area contributed by atoms with E-state index in [1.807, 2.05) is 4.52 Å². The Hall–Kier alpha value is -1.73. The van der Waals surface area contributed by atoms with E-state index < -0.39 is 0 Å². The first kappa shape index (κ1) is 15.8. The minimum atomic E-state index is 0.248. The first-order valence-electron chi connectivity index (χ1n) is 9.00. The highest BCUT2D eigenvalue weighted by atomic mass is 16.3. The molecule has 0 spiro atoms. The quantitative estimate of drug-likeness (QED) is 0.857. The van der Waals surface area contributed by atoms with Gasteiger partial charge in [-0.3, -0.25) is 0 Å². The van der Waals surface area contributed by atoms with E-state index in [9.17, 15) is 5.11 Å². The summed E-state index contributed by atoms with van der Waals surface area (Å²) in [5.74, 6) is 1.23. The molecule has 2 aromatic rings. The number of aliphatic hydroxyl groups excluding tert-OH is 1. The van der Waals surface area contributed by atoms with Gasteiger partial charge >= 0.3 is 0 Å². The van der Waals surface area contributed by atoms with Gasteiger partial charge in [-0.25, -0.2) is 0 Å². The third-order valence-corrected chi connectivity index (χ3v) is 5.23. The second-order valence-electron chi connectivity index (χ2n) is 7.24. The zero-order valence-electron chi connectivity index (χ0n) is 14.3. The van der Waals surface area contributed by atoms with Gasteiger partial charge in [0.15, 0.2) is 0 Å². The second kappa shape index (κ2) is 6.64. The number of aliphatic hydroxyl groups is 1. The summed E-state index contributed by atoms with van der Waals surface area (Å²) in [7, 11) is 2.14. The highest BCUT2D eigenvalue weighted by Gasteiger charge is 2.28. The summed E-state index contributed by atoms with van der Waals surface area (Å²) in [5.41, 5.74) is 3.13. The highest BCUT2D eigenvalue weighted by Crippen LogP contribution is 2.40. The lowest BCUT2D eigenvalue weighted by Crippen LogP contribution is -2.41. The van der Waals surface area contributed by atoms with E-state index in [0.29, 0.717) is 11.8 Å². The molecule has 0 aromatic carbocycles. The van der Waals surface area contributed by atoms with Gasteiger partial charge in [-0.2, -0.15) is 9.61 Å². The molecule has 4 rings (SSSR count). The van der Waals surface area contributed by atoms with Crippen molar-refractivity contribution < 1.29 is 5.11 Å². The number of aromatic nitrogens is 4. The average Bonchev–Trinajstić information content (AvgIpc) is 3.32. The van der Waals surface area contributed by atoms with Gasteiger partial charge < -0.3 is 14.9 Å². The van der Waals surface area contributed by atoms with E-state index in [0.717, 1.165) is 43.2 Å². The van der Waals surface area contributed by atoms with Gasteiger partial charge in [-0.1, -0.05) is 0 Å². The Bertz CT molecular complexity index is 695. The van der Waals surface area contributed by atoms with Crippen molar-refractivity contribution in [3.05, 3.63) is 18.1 Å². The van der Waals surface area contributed by atoms with Crippen molar-refractivity contribution in [2.75, 3.05) is 44.7 Å². The van der Waals surface area contributed by atoms with Gasteiger partial charge in [-0.15, -0.1) is 10.2 Å². The summed E-state index contributed by atoms with van der Waals surface area (Å²) in [4.78, 5) is 4.68. The molecule has 7 nitrogen and oxygen atoms in total. The highest BCUT2D eigenvalue weighted by molar-refractivity contribution is 5.68. The summed E-state index contributed by atoms with van der Waals surface area (Å²) in [5, 5.41) is 22.1. The maximum Gasteiger partial charge on any atom is 0.200 e. The molecule has 1 saturated carbocycles. The molecule has 1 aliphatic carbocycles. The summed E-state index contributed by atoms with van der Waals surface area (Å²) >= 11 is 0. The van der Waals surface area contributed by atoms with Crippen LogP contribution in [0.25, 0.3) is 5.65 Å². The number of piperidine rings is 1. The molecule has 0 amide bonds. The molecule has 1 saturated heterocycles. The SMILES string of the molecule is CN(CC1CCCN(CCO)C1)c1cc(C2CC2)nn2cnnc12. The molecule has 130 valence electrons. The Morgan fingerprint density at radius 1 is 1.33 bits per heavy atom. The second-order valence-corrected chi connectivity index (χ2v) is 7.24. The van der Waals surface area contributed by atoms with Gasteiger partial charge in [-0.05, 0) is 44.2 Å². The molecular formula is C17H26N6O. The number of hydrogen-bond donors (Lipinski definition) is 1. The molecule has 2 aliphatic rings. The van der Waals surface area contributed by atoms with Crippen molar-refractivity contribution in [2.45, 2.75) is 31.6 Å². The molecule has 1 unspecified atom stereocenters. The first-order chi connectivity index (χ1) is 11.7. The van der Waals surface area contributed by atoms with Crippen molar-refractivity contribution in [3.8, 4) is 0 Å². The molecule has 3 heterocycles. The van der Waals surface area contributed by atoms with Crippen LogP contribution in [-0.4, -0.2) is 69.7 Å². The lowest BCUT2D eigenvalue weighted by Gasteiger charge is -2.35. The Balaban J connectivity index is 1.52. The largest absolute Gasteiger partial charge is 0.395 e. The molecule has 0 radical (unpaired) electrons. The number of nitrogens with zero attached hydrogens (tertiary/aromatic N) is 6. The van der Waals surface area contributed by atoms with E-state index >= 15 is 0 Å². The molecule has 1 N–H and O–H groups in total. The van der Waals surface area contributed by atoms with E-state index in [1.54, 1.807) is 6.33 Å². The van der Waals surface area contributed by atoms with Gasteiger partial charge in [0.1, 0.15) is 6.33 Å². The smallest absolute Gasteiger partial charge is 0.200 e. The minimum absolute atomic E-state index is 0.248. The number of likely N-dealkylation sites (tertiary alicyclic amines) is 1. The van der Waals surface area contributed by atoms with Crippen LogP contribution in [-0.2, 0) is 0 Å². The normalized spacial score (nSPS) is 22.2. The topological polar surface area (TPSA) is 69.8 Å². The molecule has 7 heteroatoms. The summed E-state index contributed by atoms with van der Waals surface area (Å²) in [6.45, 7) is 4.21. The average molecular weight is 330 g/mol. The van der Waals surface area contributed by atoms with E-state index in [-0.39, 0.29) is 6.61 Å². The number of fused-ring (bicyclic) bond motifs is 1. The van der Waals surface area contributed by atoms with Gasteiger partial charge in [0.2, 0.25) is 5.65 Å². The third kappa shape index (κ3) is 3.23. The van der Waals surface area contributed by atoms with Crippen LogP contribution in [0.3, 0.4) is 0 Å². The van der Waals surface area contributed by atoms with Crippen LogP contribution in [0.2, 0.25) is 0 Å². The molecule has 2 aromatic heterocycles. The molecular weight excluding hydrogens is 304 g/mol. The number of rotatable bonds is 6. The Morgan fingerprint density at radius 2 is 2.21 bits per heavy atom. The summed E-state index contributed by atoms with van der Waals surface area (Å²) in [6, 6.07) is 2.20. The van der Waals surface area contributed by atoms with Crippen molar-refractivity contribution in [1.29, 1.82) is 0 Å². The predicted octanol–water partition coefficient (Wildman–Crippen LogP) is 1.14. The fourth-order valence-corrected chi connectivity index (χ4v) is 3.82. The standard InChI is InChI=1S/C17H26N6O/c1-21(10-13-3-2-6-22(11-13)7-8-24)16-9-15(14-4-5-14)20-23-12-18-19-17(16)23/h9,12-14,24H,2-8,10-11H2,1H3. The van der Waals surface area contributed by atoms with Crippen LogP contribution in [0, 0.1) is 5.92 Å². The lowest BCUT2D eigenvalue weighted by atomic mass is 9.97. The fraction of sp³-hybridized carbons (Fsp3) is 0.706. The van der Waals surface area contributed by atoms with Crippen LogP contribution in [0.4, 0.5) is 5.69 Å². The van der Waals surface area contributed by atoms with Crippen molar-refractivity contribution in [3.63, 3.8) is 0 Å². The number of β-amino-alcohol motifs (C(OH)–C–C–N with tert-alkyl or cyclic N) is 1.